The summed E-state index contributed by atoms with van der Waals surface area (Å²) in [5, 5.41) is 8.52. The van der Waals surface area contributed by atoms with Gasteiger partial charge in [0.15, 0.2) is 0 Å². The van der Waals surface area contributed by atoms with Gasteiger partial charge in [-0.15, -0.1) is 0 Å². The van der Waals surface area contributed by atoms with E-state index in [1.165, 1.54) is 17.1 Å². The van der Waals surface area contributed by atoms with Crippen molar-refractivity contribution in [1.82, 2.24) is 4.90 Å². The fourth-order valence-electron chi connectivity index (χ4n) is 1.76. The molecule has 1 aliphatic heterocycles. The lowest BCUT2D eigenvalue weighted by atomic mass is 10.0. The summed E-state index contributed by atoms with van der Waals surface area (Å²) in [7, 11) is 1.68. The van der Waals surface area contributed by atoms with Gasteiger partial charge in [0, 0.05) is 20.0 Å². The van der Waals surface area contributed by atoms with Gasteiger partial charge in [0.25, 0.3) is 0 Å². The van der Waals surface area contributed by atoms with E-state index in [0.717, 1.165) is 12.2 Å². The summed E-state index contributed by atoms with van der Waals surface area (Å²) < 4.78 is 0. The molecule has 0 aromatic heterocycles. The van der Waals surface area contributed by atoms with E-state index < -0.39 is 5.97 Å². The smallest absolute Gasteiger partial charge is 0.305 e. The van der Waals surface area contributed by atoms with Gasteiger partial charge in [-0.25, -0.2) is 0 Å². The fourth-order valence-corrected chi connectivity index (χ4v) is 2.91. The lowest BCUT2D eigenvalue weighted by Gasteiger charge is -2.23. The first-order valence-corrected chi connectivity index (χ1v) is 6.78. The molecule has 0 aliphatic carbocycles. The second kappa shape index (κ2) is 6.78. The third kappa shape index (κ3) is 4.88. The maximum Gasteiger partial charge on any atom is 0.305 e. The summed E-state index contributed by atoms with van der Waals surface area (Å²) in [5.74, 6) is 1.98. The zero-order chi connectivity index (χ0) is 12.0. The molecule has 1 rings (SSSR count). The van der Waals surface area contributed by atoms with Gasteiger partial charge in [0.2, 0.25) is 5.91 Å². The second-order valence-corrected chi connectivity index (χ2v) is 5.40. The average molecular weight is 245 g/mol. The van der Waals surface area contributed by atoms with Gasteiger partial charge in [-0.3, -0.25) is 9.59 Å². The monoisotopic (exact) mass is 245 g/mol. The molecule has 0 saturated carbocycles. The molecule has 0 radical (unpaired) electrons. The molecular weight excluding hydrogens is 226 g/mol. The molecule has 16 heavy (non-hydrogen) atoms. The Labute approximate surface area is 100 Å². The average Bonchev–Trinajstić information content (AvgIpc) is 2.27. The number of carboxylic acid groups (broad SMARTS) is 1. The minimum atomic E-state index is -0.854. The second-order valence-electron chi connectivity index (χ2n) is 4.25. The SMILES string of the molecule is CN(CCC(=O)O)C(=O)CC1CCCSC1. The Bertz CT molecular complexity index is 252. The van der Waals surface area contributed by atoms with Crippen LogP contribution < -0.4 is 0 Å². The number of hydrogen-bond donors (Lipinski definition) is 1. The van der Waals surface area contributed by atoms with E-state index in [1.807, 2.05) is 11.8 Å². The highest BCUT2D eigenvalue weighted by Gasteiger charge is 2.19. The largest absolute Gasteiger partial charge is 0.481 e. The van der Waals surface area contributed by atoms with Gasteiger partial charge in [-0.1, -0.05) is 0 Å². The third-order valence-corrected chi connectivity index (χ3v) is 4.09. The number of carbonyl (C=O) groups is 2. The normalized spacial score (nSPS) is 20.4. The van der Waals surface area contributed by atoms with Crippen molar-refractivity contribution in [3.05, 3.63) is 0 Å². The van der Waals surface area contributed by atoms with Crippen LogP contribution in [-0.4, -0.2) is 47.0 Å². The molecule has 1 N–H and O–H groups in total. The van der Waals surface area contributed by atoms with Crippen LogP contribution in [0.4, 0.5) is 0 Å². The first-order chi connectivity index (χ1) is 7.59. The van der Waals surface area contributed by atoms with E-state index in [9.17, 15) is 9.59 Å². The van der Waals surface area contributed by atoms with Crippen LogP contribution >= 0.6 is 11.8 Å². The van der Waals surface area contributed by atoms with Gasteiger partial charge in [-0.05, 0) is 30.3 Å². The van der Waals surface area contributed by atoms with Crippen LogP contribution in [0.1, 0.15) is 25.7 Å². The molecule has 1 heterocycles. The Morgan fingerprint density at radius 3 is 2.81 bits per heavy atom. The van der Waals surface area contributed by atoms with Crippen molar-refractivity contribution in [3.8, 4) is 0 Å². The maximum absolute atomic E-state index is 11.7. The molecule has 0 aromatic rings. The van der Waals surface area contributed by atoms with Gasteiger partial charge < -0.3 is 10.0 Å². The van der Waals surface area contributed by atoms with Crippen molar-refractivity contribution in [1.29, 1.82) is 0 Å². The van der Waals surface area contributed by atoms with Gasteiger partial charge in [0.05, 0.1) is 6.42 Å². The summed E-state index contributed by atoms with van der Waals surface area (Å²) in [6.45, 7) is 0.314. The number of aliphatic carboxylic acids is 1. The van der Waals surface area contributed by atoms with Crippen molar-refractivity contribution in [2.24, 2.45) is 5.92 Å². The molecule has 1 unspecified atom stereocenters. The highest BCUT2D eigenvalue weighted by Crippen LogP contribution is 2.25. The first-order valence-electron chi connectivity index (χ1n) is 5.63. The van der Waals surface area contributed by atoms with Crippen LogP contribution in [0.2, 0.25) is 0 Å². The number of carbonyl (C=O) groups excluding carboxylic acids is 1. The van der Waals surface area contributed by atoms with Crippen LogP contribution in [0, 0.1) is 5.92 Å². The molecule has 1 amide bonds. The molecule has 1 saturated heterocycles. The van der Waals surface area contributed by atoms with Crippen molar-refractivity contribution in [3.63, 3.8) is 0 Å². The fraction of sp³-hybridized carbons (Fsp3) is 0.818. The first kappa shape index (κ1) is 13.4. The Balaban J connectivity index is 2.24. The molecule has 1 fully saturated rings. The molecule has 0 spiro atoms. The van der Waals surface area contributed by atoms with E-state index in [4.69, 9.17) is 5.11 Å². The Morgan fingerprint density at radius 1 is 1.50 bits per heavy atom. The van der Waals surface area contributed by atoms with E-state index >= 15 is 0 Å². The molecule has 0 aromatic carbocycles. The zero-order valence-corrected chi connectivity index (χ0v) is 10.5. The predicted octanol–water partition coefficient (Wildman–Crippen LogP) is 1.45. The van der Waals surface area contributed by atoms with Crippen molar-refractivity contribution in [2.75, 3.05) is 25.1 Å². The summed E-state index contributed by atoms with van der Waals surface area (Å²) in [6.07, 6.45) is 2.93. The van der Waals surface area contributed by atoms with Gasteiger partial charge in [-0.2, -0.15) is 11.8 Å². The van der Waals surface area contributed by atoms with Crippen molar-refractivity contribution >= 4 is 23.6 Å². The Morgan fingerprint density at radius 2 is 2.25 bits per heavy atom. The van der Waals surface area contributed by atoms with Crippen LogP contribution in [0.3, 0.4) is 0 Å². The summed E-state index contributed by atoms with van der Waals surface area (Å²) in [4.78, 5) is 23.7. The molecular formula is C11H19NO3S. The highest BCUT2D eigenvalue weighted by atomic mass is 32.2. The number of rotatable bonds is 5. The zero-order valence-electron chi connectivity index (χ0n) is 9.65. The van der Waals surface area contributed by atoms with Crippen molar-refractivity contribution in [2.45, 2.75) is 25.7 Å². The standard InChI is InChI=1S/C11H19NO3S/c1-12(5-4-11(14)15)10(13)7-9-3-2-6-16-8-9/h9H,2-8H2,1H3,(H,14,15). The minimum Gasteiger partial charge on any atom is -0.481 e. The Kier molecular flexibility index (Phi) is 5.66. The lowest BCUT2D eigenvalue weighted by molar-refractivity contribution is -0.138. The van der Waals surface area contributed by atoms with Crippen molar-refractivity contribution < 1.29 is 14.7 Å². The number of nitrogens with zero attached hydrogens (tertiary/aromatic N) is 1. The van der Waals surface area contributed by atoms with Crippen LogP contribution in [-0.2, 0) is 9.59 Å². The van der Waals surface area contributed by atoms with Gasteiger partial charge >= 0.3 is 5.97 Å². The molecule has 5 heteroatoms. The molecule has 1 aliphatic rings. The number of carboxylic acids is 1. The van der Waals surface area contributed by atoms with E-state index in [1.54, 1.807) is 7.05 Å². The lowest BCUT2D eigenvalue weighted by Crippen LogP contribution is -2.31. The van der Waals surface area contributed by atoms with Crippen LogP contribution in [0.5, 0.6) is 0 Å². The quantitative estimate of drug-likeness (QED) is 0.796. The summed E-state index contributed by atoms with van der Waals surface area (Å²) in [6, 6.07) is 0. The molecule has 4 nitrogen and oxygen atoms in total. The third-order valence-electron chi connectivity index (χ3n) is 2.80. The van der Waals surface area contributed by atoms with E-state index in [2.05, 4.69) is 0 Å². The predicted molar refractivity (Wildman–Crippen MR) is 64.6 cm³/mol. The van der Waals surface area contributed by atoms with Gasteiger partial charge in [0.1, 0.15) is 0 Å². The maximum atomic E-state index is 11.7. The minimum absolute atomic E-state index is 0.0294. The molecule has 1 atom stereocenters. The topological polar surface area (TPSA) is 57.6 Å². The Hall–Kier alpha value is -0.710. The number of hydrogen-bond acceptors (Lipinski definition) is 3. The van der Waals surface area contributed by atoms with Crippen LogP contribution in [0.15, 0.2) is 0 Å². The molecule has 92 valence electrons. The van der Waals surface area contributed by atoms with E-state index in [0.29, 0.717) is 18.9 Å². The highest BCUT2D eigenvalue weighted by molar-refractivity contribution is 7.99. The summed E-state index contributed by atoms with van der Waals surface area (Å²) in [5.41, 5.74) is 0. The summed E-state index contributed by atoms with van der Waals surface area (Å²) >= 11 is 1.91. The number of amides is 1. The van der Waals surface area contributed by atoms with Crippen LogP contribution in [0.25, 0.3) is 0 Å². The van der Waals surface area contributed by atoms with E-state index in [-0.39, 0.29) is 12.3 Å². The molecule has 0 bridgehead atoms. The number of thioether (sulfide) groups is 1.